The van der Waals surface area contributed by atoms with Crippen molar-refractivity contribution in [1.82, 2.24) is 25.1 Å². The van der Waals surface area contributed by atoms with Crippen molar-refractivity contribution in [1.29, 1.82) is 0 Å². The molecular weight excluding hydrogens is 378 g/mol. The van der Waals surface area contributed by atoms with Gasteiger partial charge < -0.3 is 9.64 Å². The molecule has 1 atom stereocenters. The second-order valence-electron chi connectivity index (χ2n) is 6.82. The lowest BCUT2D eigenvalue weighted by Crippen LogP contribution is -2.43. The molecule has 2 heterocycles. The Labute approximate surface area is 168 Å². The van der Waals surface area contributed by atoms with Crippen molar-refractivity contribution in [3.63, 3.8) is 0 Å². The van der Waals surface area contributed by atoms with Crippen LogP contribution in [-0.2, 0) is 14.3 Å². The summed E-state index contributed by atoms with van der Waals surface area (Å²) in [6, 6.07) is 7.88. The smallest absolute Gasteiger partial charge is 0.309 e. The Morgan fingerprint density at radius 2 is 1.93 bits per heavy atom. The maximum absolute atomic E-state index is 12.8. The summed E-state index contributed by atoms with van der Waals surface area (Å²) in [6.45, 7) is 7.21. The van der Waals surface area contributed by atoms with Crippen LogP contribution in [0.25, 0.3) is 5.69 Å². The second-order valence-corrected chi connectivity index (χ2v) is 8.13. The monoisotopic (exact) mass is 403 g/mol. The highest BCUT2D eigenvalue weighted by Gasteiger charge is 2.31. The van der Waals surface area contributed by atoms with Gasteiger partial charge in [0.05, 0.1) is 23.5 Å². The van der Waals surface area contributed by atoms with Crippen LogP contribution in [0, 0.1) is 12.8 Å². The number of carbonyl (C=O) groups is 2. The van der Waals surface area contributed by atoms with E-state index in [2.05, 4.69) is 15.5 Å². The van der Waals surface area contributed by atoms with Gasteiger partial charge >= 0.3 is 5.97 Å². The number of nitrogens with zero attached hydrogens (tertiary/aromatic N) is 5. The Balaban J connectivity index is 1.59. The van der Waals surface area contributed by atoms with Gasteiger partial charge in [-0.2, -0.15) is 4.68 Å². The third-order valence-corrected chi connectivity index (χ3v) is 5.80. The van der Waals surface area contributed by atoms with E-state index in [4.69, 9.17) is 4.74 Å². The maximum atomic E-state index is 12.8. The van der Waals surface area contributed by atoms with Crippen molar-refractivity contribution >= 4 is 23.6 Å². The van der Waals surface area contributed by atoms with Crippen LogP contribution >= 0.6 is 11.8 Å². The van der Waals surface area contributed by atoms with Crippen LogP contribution in [0.5, 0.6) is 0 Å². The number of aryl methyl sites for hydroxylation is 1. The van der Waals surface area contributed by atoms with Gasteiger partial charge in [-0.3, -0.25) is 9.59 Å². The molecule has 8 nitrogen and oxygen atoms in total. The van der Waals surface area contributed by atoms with E-state index in [0.717, 1.165) is 11.3 Å². The van der Waals surface area contributed by atoms with Crippen LogP contribution in [0.4, 0.5) is 0 Å². The van der Waals surface area contributed by atoms with Gasteiger partial charge in [-0.25, -0.2) is 0 Å². The minimum atomic E-state index is -0.325. The molecule has 1 unspecified atom stereocenters. The number of hydrogen-bond acceptors (Lipinski definition) is 7. The fraction of sp³-hybridized carbons (Fsp3) is 0.526. The Morgan fingerprint density at radius 3 is 2.57 bits per heavy atom. The van der Waals surface area contributed by atoms with E-state index in [1.165, 1.54) is 11.8 Å². The number of ether oxygens (including phenoxy) is 1. The first-order chi connectivity index (χ1) is 13.5. The number of hydrogen-bond donors (Lipinski definition) is 0. The first-order valence-electron chi connectivity index (χ1n) is 9.47. The van der Waals surface area contributed by atoms with Crippen LogP contribution in [0.15, 0.2) is 29.4 Å². The van der Waals surface area contributed by atoms with Crippen LogP contribution < -0.4 is 0 Å². The molecule has 3 rings (SSSR count). The van der Waals surface area contributed by atoms with E-state index in [1.807, 2.05) is 43.0 Å². The molecule has 28 heavy (non-hydrogen) atoms. The quantitative estimate of drug-likeness (QED) is 0.540. The Morgan fingerprint density at radius 1 is 1.25 bits per heavy atom. The zero-order valence-corrected chi connectivity index (χ0v) is 17.2. The molecule has 0 radical (unpaired) electrons. The molecule has 0 bridgehead atoms. The first kappa shape index (κ1) is 20.3. The van der Waals surface area contributed by atoms with Crippen LogP contribution in [0.1, 0.15) is 32.3 Å². The van der Waals surface area contributed by atoms with E-state index >= 15 is 0 Å². The van der Waals surface area contributed by atoms with Crippen molar-refractivity contribution in [3.8, 4) is 5.69 Å². The second kappa shape index (κ2) is 9.18. The maximum Gasteiger partial charge on any atom is 0.309 e. The number of carbonyl (C=O) groups excluding carboxylic acids is 2. The first-order valence-corrected chi connectivity index (χ1v) is 10.3. The highest BCUT2D eigenvalue weighted by Crippen LogP contribution is 2.26. The molecule has 2 aromatic rings. The number of piperidine rings is 1. The summed E-state index contributed by atoms with van der Waals surface area (Å²) in [7, 11) is 0. The molecule has 1 saturated heterocycles. The van der Waals surface area contributed by atoms with Crippen molar-refractivity contribution in [2.45, 2.75) is 44.0 Å². The fourth-order valence-corrected chi connectivity index (χ4v) is 4.05. The molecule has 150 valence electrons. The highest BCUT2D eigenvalue weighted by molar-refractivity contribution is 8.00. The number of amides is 1. The SMILES string of the molecule is CCOC(=O)C1CCN(C(=O)C(C)Sc2nnnn2-c2ccc(C)cc2)CC1. The molecule has 9 heteroatoms. The molecular formula is C19H25N5O3S. The lowest BCUT2D eigenvalue weighted by Gasteiger charge is -2.32. The predicted molar refractivity (Wildman–Crippen MR) is 105 cm³/mol. The molecule has 1 amide bonds. The summed E-state index contributed by atoms with van der Waals surface area (Å²) in [5.41, 5.74) is 2.01. The Kier molecular flexibility index (Phi) is 6.66. The van der Waals surface area contributed by atoms with E-state index < -0.39 is 0 Å². The van der Waals surface area contributed by atoms with Crippen LogP contribution in [0.3, 0.4) is 0 Å². The van der Waals surface area contributed by atoms with E-state index in [-0.39, 0.29) is 23.0 Å². The summed E-state index contributed by atoms with van der Waals surface area (Å²) in [5, 5.41) is 12.1. The molecule has 1 aliphatic heterocycles. The molecule has 1 aromatic carbocycles. The van der Waals surface area contributed by atoms with Gasteiger partial charge in [0.25, 0.3) is 0 Å². The number of benzene rings is 1. The average molecular weight is 404 g/mol. The zero-order chi connectivity index (χ0) is 20.1. The Bertz CT molecular complexity index is 815. The average Bonchev–Trinajstić information content (AvgIpc) is 3.16. The zero-order valence-electron chi connectivity index (χ0n) is 16.4. The van der Waals surface area contributed by atoms with Gasteiger partial charge in [-0.15, -0.1) is 5.10 Å². The van der Waals surface area contributed by atoms with Crippen LogP contribution in [-0.4, -0.2) is 61.9 Å². The summed E-state index contributed by atoms with van der Waals surface area (Å²) in [4.78, 5) is 26.5. The van der Waals surface area contributed by atoms with Gasteiger partial charge in [-0.1, -0.05) is 29.5 Å². The number of tetrazole rings is 1. The van der Waals surface area contributed by atoms with E-state index in [0.29, 0.717) is 37.7 Å². The minimum absolute atomic E-state index is 0.0331. The minimum Gasteiger partial charge on any atom is -0.466 e. The molecule has 0 spiro atoms. The van der Waals surface area contributed by atoms with E-state index in [1.54, 1.807) is 11.6 Å². The number of rotatable bonds is 6. The lowest BCUT2D eigenvalue weighted by atomic mass is 9.97. The molecule has 0 aliphatic carbocycles. The van der Waals surface area contributed by atoms with Gasteiger partial charge in [0, 0.05) is 13.1 Å². The van der Waals surface area contributed by atoms with Crippen molar-refractivity contribution in [2.24, 2.45) is 5.92 Å². The molecule has 0 saturated carbocycles. The topological polar surface area (TPSA) is 90.2 Å². The summed E-state index contributed by atoms with van der Waals surface area (Å²) in [5.74, 6) is -0.235. The number of likely N-dealkylation sites (tertiary alicyclic amines) is 1. The third kappa shape index (κ3) is 4.70. The normalized spacial score (nSPS) is 16.0. The fourth-order valence-electron chi connectivity index (χ4n) is 3.16. The summed E-state index contributed by atoms with van der Waals surface area (Å²) in [6.07, 6.45) is 1.28. The molecule has 1 aromatic heterocycles. The van der Waals surface area contributed by atoms with Gasteiger partial charge in [0.15, 0.2) is 0 Å². The standard InChI is InChI=1S/C19H25N5O3S/c1-4-27-18(26)15-9-11-23(12-10-15)17(25)14(3)28-19-20-21-22-24(19)16-7-5-13(2)6-8-16/h5-8,14-15H,4,9-12H2,1-3H3. The lowest BCUT2D eigenvalue weighted by molar-refractivity contribution is -0.151. The van der Waals surface area contributed by atoms with Crippen molar-refractivity contribution < 1.29 is 14.3 Å². The predicted octanol–water partition coefficient (Wildman–Crippen LogP) is 2.25. The van der Waals surface area contributed by atoms with Crippen molar-refractivity contribution in [3.05, 3.63) is 29.8 Å². The van der Waals surface area contributed by atoms with Gasteiger partial charge in [0.2, 0.25) is 11.1 Å². The van der Waals surface area contributed by atoms with Gasteiger partial charge in [0.1, 0.15) is 0 Å². The number of esters is 1. The Hall–Kier alpha value is -2.42. The molecule has 0 N–H and O–H groups in total. The third-order valence-electron chi connectivity index (χ3n) is 4.78. The number of aromatic nitrogens is 4. The number of thioether (sulfide) groups is 1. The summed E-state index contributed by atoms with van der Waals surface area (Å²) >= 11 is 1.34. The van der Waals surface area contributed by atoms with Crippen molar-refractivity contribution in [2.75, 3.05) is 19.7 Å². The molecule has 1 fully saturated rings. The largest absolute Gasteiger partial charge is 0.466 e. The summed E-state index contributed by atoms with van der Waals surface area (Å²) < 4.78 is 6.73. The highest BCUT2D eigenvalue weighted by atomic mass is 32.2. The molecule has 1 aliphatic rings. The van der Waals surface area contributed by atoms with E-state index in [9.17, 15) is 9.59 Å². The van der Waals surface area contributed by atoms with Crippen LogP contribution in [0.2, 0.25) is 0 Å². The van der Waals surface area contributed by atoms with Gasteiger partial charge in [-0.05, 0) is 56.2 Å².